The summed E-state index contributed by atoms with van der Waals surface area (Å²) in [7, 11) is 3.23. The maximum Gasteiger partial charge on any atom is 0.268 e. The molecule has 0 radical (unpaired) electrons. The minimum absolute atomic E-state index is 0.0205. The predicted octanol–water partition coefficient (Wildman–Crippen LogP) is 2.34. The largest absolute Gasteiger partial charge is 0.495 e. The molecule has 7 heteroatoms. The van der Waals surface area contributed by atoms with E-state index >= 15 is 0 Å². The molecule has 1 saturated heterocycles. The lowest BCUT2D eigenvalue weighted by Gasteiger charge is -2.33. The van der Waals surface area contributed by atoms with Gasteiger partial charge in [-0.1, -0.05) is 6.07 Å². The van der Waals surface area contributed by atoms with E-state index in [0.29, 0.717) is 17.9 Å². The van der Waals surface area contributed by atoms with Gasteiger partial charge in [0.1, 0.15) is 5.75 Å². The smallest absolute Gasteiger partial charge is 0.268 e. The number of piperidine rings is 1. The van der Waals surface area contributed by atoms with Crippen LogP contribution in [0.1, 0.15) is 24.8 Å². The molecule has 0 aliphatic carbocycles. The highest BCUT2D eigenvalue weighted by Crippen LogP contribution is 2.27. The third kappa shape index (κ3) is 4.67. The van der Waals surface area contributed by atoms with Gasteiger partial charge in [0.25, 0.3) is 5.56 Å². The van der Waals surface area contributed by atoms with E-state index < -0.39 is 0 Å². The number of anilines is 2. The quantitative estimate of drug-likeness (QED) is 0.874. The van der Waals surface area contributed by atoms with Gasteiger partial charge < -0.3 is 15.0 Å². The van der Waals surface area contributed by atoms with Crippen molar-refractivity contribution in [2.75, 3.05) is 30.4 Å². The minimum Gasteiger partial charge on any atom is -0.495 e. The van der Waals surface area contributed by atoms with Gasteiger partial charge >= 0.3 is 0 Å². The number of methoxy groups -OCH3 is 1. The van der Waals surface area contributed by atoms with Crippen molar-refractivity contribution < 1.29 is 9.53 Å². The van der Waals surface area contributed by atoms with Gasteiger partial charge in [0.05, 0.1) is 24.7 Å². The Kier molecular flexibility index (Phi) is 5.78. The molecule has 144 valence electrons. The number of hydrogen-bond donors (Lipinski definition) is 1. The molecule has 1 aromatic carbocycles. The second-order valence-corrected chi connectivity index (χ2v) is 7.09. The normalized spacial score (nSPS) is 16.9. The van der Waals surface area contributed by atoms with Crippen molar-refractivity contribution in [3.63, 3.8) is 0 Å². The van der Waals surface area contributed by atoms with E-state index in [-0.39, 0.29) is 17.4 Å². The molecule has 1 atom stereocenters. The summed E-state index contributed by atoms with van der Waals surface area (Å²) < 4.78 is 6.64. The third-order valence-electron chi connectivity index (χ3n) is 4.94. The summed E-state index contributed by atoms with van der Waals surface area (Å²) in [4.78, 5) is 26.5. The van der Waals surface area contributed by atoms with E-state index in [9.17, 15) is 9.59 Å². The first kappa shape index (κ1) is 18.9. The summed E-state index contributed by atoms with van der Waals surface area (Å²) in [6, 6.07) is 7.32. The van der Waals surface area contributed by atoms with E-state index in [1.54, 1.807) is 26.4 Å². The van der Waals surface area contributed by atoms with Crippen LogP contribution in [0, 0.1) is 12.8 Å². The maximum atomic E-state index is 12.6. The predicted molar refractivity (Wildman–Crippen MR) is 105 cm³/mol. The number of hydrogen-bond acceptors (Lipinski definition) is 5. The number of rotatable bonds is 5. The van der Waals surface area contributed by atoms with Crippen LogP contribution in [-0.4, -0.2) is 35.9 Å². The molecule has 1 aliphatic rings. The summed E-state index contributed by atoms with van der Waals surface area (Å²) >= 11 is 0. The van der Waals surface area contributed by atoms with Crippen molar-refractivity contribution in [3.8, 4) is 5.75 Å². The molecule has 7 nitrogen and oxygen atoms in total. The number of carbonyl (C=O) groups is 1. The Balaban J connectivity index is 1.63. The number of nitrogens with one attached hydrogen (secondary N) is 1. The zero-order valence-electron chi connectivity index (χ0n) is 16.1. The van der Waals surface area contributed by atoms with Gasteiger partial charge in [-0.05, 0) is 43.4 Å². The van der Waals surface area contributed by atoms with Gasteiger partial charge in [0.15, 0.2) is 0 Å². The van der Waals surface area contributed by atoms with E-state index in [1.807, 2.05) is 25.1 Å². The van der Waals surface area contributed by atoms with E-state index in [2.05, 4.69) is 15.3 Å². The highest BCUT2D eigenvalue weighted by atomic mass is 16.5. The SMILES string of the molecule is COc1ccc(C)cc1NC(=O)CC1CCCN(c2cnn(C)c(=O)c2)C1. The summed E-state index contributed by atoms with van der Waals surface area (Å²) in [6.07, 6.45) is 4.13. The van der Waals surface area contributed by atoms with Crippen LogP contribution in [0.5, 0.6) is 5.75 Å². The van der Waals surface area contributed by atoms with Gasteiger partial charge in [-0.15, -0.1) is 0 Å². The molecule has 1 aromatic heterocycles. The molecule has 0 spiro atoms. The Labute approximate surface area is 158 Å². The second-order valence-electron chi connectivity index (χ2n) is 7.09. The molecular weight excluding hydrogens is 344 g/mol. The maximum absolute atomic E-state index is 12.6. The third-order valence-corrected chi connectivity index (χ3v) is 4.94. The fraction of sp³-hybridized carbons (Fsp3) is 0.450. The Morgan fingerprint density at radius 1 is 1.37 bits per heavy atom. The second kappa shape index (κ2) is 8.24. The van der Waals surface area contributed by atoms with Crippen LogP contribution in [0.4, 0.5) is 11.4 Å². The molecule has 0 bridgehead atoms. The number of carbonyl (C=O) groups excluding carboxylic acids is 1. The summed E-state index contributed by atoms with van der Waals surface area (Å²) in [6.45, 7) is 3.60. The number of aromatic nitrogens is 2. The number of ether oxygens (including phenoxy) is 1. The molecule has 0 saturated carbocycles. The molecular formula is C20H26N4O3. The highest BCUT2D eigenvalue weighted by Gasteiger charge is 2.23. The molecule has 3 rings (SSSR count). The van der Waals surface area contributed by atoms with Gasteiger partial charge in [-0.2, -0.15) is 5.10 Å². The van der Waals surface area contributed by atoms with Crippen LogP contribution in [0.25, 0.3) is 0 Å². The zero-order chi connectivity index (χ0) is 19.4. The van der Waals surface area contributed by atoms with Crippen LogP contribution < -0.4 is 20.5 Å². The van der Waals surface area contributed by atoms with Crippen molar-refractivity contribution in [2.24, 2.45) is 13.0 Å². The summed E-state index contributed by atoms with van der Waals surface area (Å²) in [5, 5.41) is 7.06. The first-order valence-corrected chi connectivity index (χ1v) is 9.19. The number of nitrogens with zero attached hydrogens (tertiary/aromatic N) is 3. The Morgan fingerprint density at radius 2 is 2.19 bits per heavy atom. The van der Waals surface area contributed by atoms with E-state index in [0.717, 1.165) is 37.2 Å². The standard InChI is InChI=1S/C20H26N4O3/c1-14-6-7-18(27-3)17(9-14)22-19(25)10-15-5-4-8-24(13-15)16-11-20(26)23(2)21-12-16/h6-7,9,11-12,15H,4-5,8,10,13H2,1-3H3,(H,22,25). The molecule has 1 fully saturated rings. The Hall–Kier alpha value is -2.83. The molecule has 1 unspecified atom stereocenters. The lowest BCUT2D eigenvalue weighted by Crippen LogP contribution is -2.38. The molecule has 1 N–H and O–H groups in total. The topological polar surface area (TPSA) is 76.5 Å². The van der Waals surface area contributed by atoms with Crippen LogP contribution in [0.3, 0.4) is 0 Å². The first-order chi connectivity index (χ1) is 13.0. The molecule has 1 amide bonds. The van der Waals surface area contributed by atoms with Crippen molar-refractivity contribution in [1.82, 2.24) is 9.78 Å². The van der Waals surface area contributed by atoms with Gasteiger partial charge in [-0.3, -0.25) is 9.59 Å². The fourth-order valence-corrected chi connectivity index (χ4v) is 3.48. The van der Waals surface area contributed by atoms with Gasteiger partial charge in [0.2, 0.25) is 5.91 Å². The van der Waals surface area contributed by atoms with Crippen molar-refractivity contribution in [3.05, 3.63) is 46.4 Å². The van der Waals surface area contributed by atoms with Gasteiger partial charge in [-0.25, -0.2) is 4.68 Å². The van der Waals surface area contributed by atoms with Crippen molar-refractivity contribution in [2.45, 2.75) is 26.2 Å². The van der Waals surface area contributed by atoms with E-state index in [4.69, 9.17) is 4.74 Å². The van der Waals surface area contributed by atoms with Crippen molar-refractivity contribution in [1.29, 1.82) is 0 Å². The van der Waals surface area contributed by atoms with E-state index in [1.165, 1.54) is 4.68 Å². The monoisotopic (exact) mass is 370 g/mol. The number of benzene rings is 1. The lowest BCUT2D eigenvalue weighted by molar-refractivity contribution is -0.117. The average molecular weight is 370 g/mol. The van der Waals surface area contributed by atoms with Crippen molar-refractivity contribution >= 4 is 17.3 Å². The first-order valence-electron chi connectivity index (χ1n) is 9.19. The van der Waals surface area contributed by atoms with Crippen LogP contribution in [0.2, 0.25) is 0 Å². The summed E-state index contributed by atoms with van der Waals surface area (Å²) in [5.41, 5.74) is 2.46. The number of amides is 1. The molecule has 2 heterocycles. The highest BCUT2D eigenvalue weighted by molar-refractivity contribution is 5.92. The summed E-state index contributed by atoms with van der Waals surface area (Å²) in [5.74, 6) is 0.872. The molecule has 27 heavy (non-hydrogen) atoms. The van der Waals surface area contributed by atoms with Gasteiger partial charge in [0, 0.05) is 32.6 Å². The zero-order valence-corrected chi connectivity index (χ0v) is 16.1. The van der Waals surface area contributed by atoms with Crippen LogP contribution in [-0.2, 0) is 11.8 Å². The Bertz CT molecular complexity index is 878. The Morgan fingerprint density at radius 3 is 2.93 bits per heavy atom. The van der Waals surface area contributed by atoms with Crippen LogP contribution >= 0.6 is 0 Å². The molecule has 1 aliphatic heterocycles. The average Bonchev–Trinajstić information content (AvgIpc) is 2.64. The number of aryl methyl sites for hydroxylation is 2. The lowest BCUT2D eigenvalue weighted by atomic mass is 9.94. The molecule has 2 aromatic rings. The minimum atomic E-state index is -0.126. The van der Waals surface area contributed by atoms with Crippen LogP contribution in [0.15, 0.2) is 35.3 Å². The fourth-order valence-electron chi connectivity index (χ4n) is 3.48.